The summed E-state index contributed by atoms with van der Waals surface area (Å²) in [5.41, 5.74) is 2.50. The van der Waals surface area contributed by atoms with Gasteiger partial charge in [0.1, 0.15) is 0 Å². The Morgan fingerprint density at radius 3 is 2.64 bits per heavy atom. The van der Waals surface area contributed by atoms with E-state index in [9.17, 15) is 14.9 Å². The molecule has 2 N–H and O–H groups in total. The Labute approximate surface area is 166 Å². The van der Waals surface area contributed by atoms with E-state index in [4.69, 9.17) is 11.6 Å². The number of hydrogen-bond donors (Lipinski definition) is 2. The first-order chi connectivity index (χ1) is 13.5. The number of nitro groups is 1. The summed E-state index contributed by atoms with van der Waals surface area (Å²) in [6.07, 6.45) is 5.10. The number of H-pyrrole nitrogens is 1. The van der Waals surface area contributed by atoms with Crippen LogP contribution in [-0.4, -0.2) is 28.9 Å². The predicted molar refractivity (Wildman–Crippen MR) is 110 cm³/mol. The largest absolute Gasteiger partial charge is 0.370 e. The summed E-state index contributed by atoms with van der Waals surface area (Å²) in [7, 11) is 0. The average Bonchev–Trinajstić information content (AvgIpc) is 3.12. The summed E-state index contributed by atoms with van der Waals surface area (Å²) < 4.78 is 0. The molecule has 28 heavy (non-hydrogen) atoms. The summed E-state index contributed by atoms with van der Waals surface area (Å²) in [5.74, 6) is -0.353. The molecule has 1 amide bonds. The van der Waals surface area contributed by atoms with Gasteiger partial charge in [0.05, 0.1) is 21.2 Å². The second-order valence-corrected chi connectivity index (χ2v) is 7.26. The second-order valence-electron chi connectivity index (χ2n) is 6.86. The zero-order valence-corrected chi connectivity index (χ0v) is 15.8. The first kappa shape index (κ1) is 18.3. The van der Waals surface area contributed by atoms with Crippen LogP contribution in [0.4, 0.5) is 17.1 Å². The quantitative estimate of drug-likeness (QED) is 0.479. The molecular formula is C20H19ClN4O3. The molecular weight excluding hydrogens is 380 g/mol. The fraction of sp³-hybridized carbons (Fsp3) is 0.250. The van der Waals surface area contributed by atoms with E-state index in [-0.39, 0.29) is 11.6 Å². The van der Waals surface area contributed by atoms with Crippen LogP contribution in [0.1, 0.15) is 29.6 Å². The number of nitrogens with zero attached hydrogens (tertiary/aromatic N) is 2. The van der Waals surface area contributed by atoms with E-state index in [1.165, 1.54) is 18.6 Å². The van der Waals surface area contributed by atoms with Gasteiger partial charge in [-0.15, -0.1) is 0 Å². The van der Waals surface area contributed by atoms with Gasteiger partial charge in [-0.2, -0.15) is 0 Å². The highest BCUT2D eigenvalue weighted by Gasteiger charge is 2.17. The number of benzene rings is 2. The van der Waals surface area contributed by atoms with Crippen LogP contribution < -0.4 is 10.2 Å². The van der Waals surface area contributed by atoms with E-state index in [0.29, 0.717) is 27.2 Å². The molecule has 0 bridgehead atoms. The van der Waals surface area contributed by atoms with E-state index in [2.05, 4.69) is 15.2 Å². The lowest BCUT2D eigenvalue weighted by atomic mass is 10.1. The van der Waals surface area contributed by atoms with Gasteiger partial charge in [0.2, 0.25) is 0 Å². The van der Waals surface area contributed by atoms with Gasteiger partial charge in [0.25, 0.3) is 11.6 Å². The summed E-state index contributed by atoms with van der Waals surface area (Å²) in [6.45, 7) is 1.97. The summed E-state index contributed by atoms with van der Waals surface area (Å²) in [5, 5.41) is 14.9. The number of anilines is 2. The Kier molecular flexibility index (Phi) is 4.92. The minimum atomic E-state index is -0.479. The number of non-ortho nitro benzene ring substituents is 1. The topological polar surface area (TPSA) is 91.3 Å². The molecule has 0 radical (unpaired) electrons. The number of carbonyl (C=O) groups excluding carboxylic acids is 1. The molecule has 144 valence electrons. The highest BCUT2D eigenvalue weighted by molar-refractivity contribution is 6.33. The lowest BCUT2D eigenvalue weighted by molar-refractivity contribution is -0.384. The van der Waals surface area contributed by atoms with Crippen LogP contribution >= 0.6 is 11.6 Å². The number of aromatic amines is 1. The van der Waals surface area contributed by atoms with Crippen molar-refractivity contribution in [3.05, 3.63) is 63.3 Å². The minimum absolute atomic E-state index is 0.0601. The Bertz CT molecular complexity index is 1060. The number of hydrogen-bond acceptors (Lipinski definition) is 4. The van der Waals surface area contributed by atoms with Crippen LogP contribution in [0.5, 0.6) is 0 Å². The number of rotatable bonds is 4. The molecule has 0 aliphatic carbocycles. The molecule has 1 saturated heterocycles. The van der Waals surface area contributed by atoms with Crippen molar-refractivity contribution >= 4 is 45.5 Å². The molecule has 0 spiro atoms. The van der Waals surface area contributed by atoms with Crippen molar-refractivity contribution in [3.63, 3.8) is 0 Å². The second kappa shape index (κ2) is 7.52. The van der Waals surface area contributed by atoms with Crippen LogP contribution in [0.2, 0.25) is 5.02 Å². The monoisotopic (exact) mass is 398 g/mol. The zero-order valence-electron chi connectivity index (χ0n) is 15.1. The maximum Gasteiger partial charge on any atom is 0.270 e. The van der Waals surface area contributed by atoms with Gasteiger partial charge in [-0.05, 0) is 43.5 Å². The fourth-order valence-electron chi connectivity index (χ4n) is 3.58. The highest BCUT2D eigenvalue weighted by Crippen LogP contribution is 2.31. The summed E-state index contributed by atoms with van der Waals surface area (Å²) in [4.78, 5) is 28.5. The average molecular weight is 399 g/mol. The van der Waals surface area contributed by atoms with Crippen LogP contribution in [0.3, 0.4) is 0 Å². The summed E-state index contributed by atoms with van der Waals surface area (Å²) >= 11 is 6.45. The predicted octanol–water partition coefficient (Wildman–Crippen LogP) is 4.97. The van der Waals surface area contributed by atoms with Gasteiger partial charge >= 0.3 is 0 Å². The molecule has 4 rings (SSSR count). The third-order valence-electron chi connectivity index (χ3n) is 5.02. The maximum absolute atomic E-state index is 12.7. The number of nitrogens with one attached hydrogen (secondary N) is 2. The molecule has 2 aromatic carbocycles. The zero-order chi connectivity index (χ0) is 19.7. The maximum atomic E-state index is 12.7. The number of carbonyl (C=O) groups is 1. The molecule has 0 saturated carbocycles. The fourth-order valence-corrected chi connectivity index (χ4v) is 3.88. The van der Waals surface area contributed by atoms with Crippen LogP contribution in [0, 0.1) is 10.1 Å². The van der Waals surface area contributed by atoms with Crippen molar-refractivity contribution in [3.8, 4) is 0 Å². The van der Waals surface area contributed by atoms with Gasteiger partial charge in [0.15, 0.2) is 0 Å². The van der Waals surface area contributed by atoms with E-state index < -0.39 is 4.92 Å². The van der Waals surface area contributed by atoms with Crippen molar-refractivity contribution < 1.29 is 9.72 Å². The Balaban J connectivity index is 1.56. The number of nitro benzene ring substituents is 1. The smallest absolute Gasteiger partial charge is 0.270 e. The SMILES string of the molecule is O=C(Nc1ccc(N2CCCCC2)c(Cl)c1)c1c[nH]c2ccc([N+](=O)[O-])cc12. The van der Waals surface area contributed by atoms with Crippen molar-refractivity contribution in [1.82, 2.24) is 4.98 Å². The lowest BCUT2D eigenvalue weighted by Gasteiger charge is -2.29. The molecule has 0 atom stereocenters. The molecule has 1 aromatic heterocycles. The number of piperidine rings is 1. The van der Waals surface area contributed by atoms with Crippen LogP contribution in [-0.2, 0) is 0 Å². The Morgan fingerprint density at radius 2 is 1.93 bits per heavy atom. The minimum Gasteiger partial charge on any atom is -0.370 e. The van der Waals surface area contributed by atoms with E-state index in [1.54, 1.807) is 18.3 Å². The van der Waals surface area contributed by atoms with Crippen molar-refractivity contribution in [2.75, 3.05) is 23.3 Å². The molecule has 8 heteroatoms. The number of aromatic nitrogens is 1. The number of halogens is 1. The molecule has 1 aliphatic rings. The summed E-state index contributed by atoms with van der Waals surface area (Å²) in [6, 6.07) is 9.87. The molecule has 2 heterocycles. The third kappa shape index (κ3) is 3.53. The lowest BCUT2D eigenvalue weighted by Crippen LogP contribution is -2.29. The first-order valence-electron chi connectivity index (χ1n) is 9.14. The molecule has 0 unspecified atom stereocenters. The number of amides is 1. The standard InChI is InChI=1S/C20H19ClN4O3/c21-17-10-13(4-7-19(17)24-8-2-1-3-9-24)23-20(26)16-12-22-18-6-5-14(25(27)28)11-15(16)18/h4-7,10-12,22H,1-3,8-9H2,(H,23,26). The Hall–Kier alpha value is -3.06. The molecule has 3 aromatic rings. The van der Waals surface area contributed by atoms with E-state index in [1.807, 2.05) is 12.1 Å². The van der Waals surface area contributed by atoms with Crippen molar-refractivity contribution in [2.45, 2.75) is 19.3 Å². The van der Waals surface area contributed by atoms with Gasteiger partial charge in [-0.1, -0.05) is 11.6 Å². The van der Waals surface area contributed by atoms with Gasteiger partial charge < -0.3 is 15.2 Å². The first-order valence-corrected chi connectivity index (χ1v) is 9.52. The molecule has 1 aliphatic heterocycles. The molecule has 1 fully saturated rings. The van der Waals surface area contributed by atoms with E-state index >= 15 is 0 Å². The third-order valence-corrected chi connectivity index (χ3v) is 5.33. The van der Waals surface area contributed by atoms with Crippen LogP contribution in [0.15, 0.2) is 42.6 Å². The van der Waals surface area contributed by atoms with Gasteiger partial charge in [0, 0.05) is 48.0 Å². The van der Waals surface area contributed by atoms with Crippen molar-refractivity contribution in [1.29, 1.82) is 0 Å². The molecule has 7 nitrogen and oxygen atoms in total. The highest BCUT2D eigenvalue weighted by atomic mass is 35.5. The van der Waals surface area contributed by atoms with Gasteiger partial charge in [-0.25, -0.2) is 0 Å². The van der Waals surface area contributed by atoms with Crippen LogP contribution in [0.25, 0.3) is 10.9 Å². The number of fused-ring (bicyclic) bond motifs is 1. The van der Waals surface area contributed by atoms with Gasteiger partial charge in [-0.3, -0.25) is 14.9 Å². The Morgan fingerprint density at radius 1 is 1.14 bits per heavy atom. The normalized spacial score (nSPS) is 14.2. The van der Waals surface area contributed by atoms with Crippen molar-refractivity contribution in [2.24, 2.45) is 0 Å². The van der Waals surface area contributed by atoms with E-state index in [0.717, 1.165) is 31.6 Å².